The first-order valence-electron chi connectivity index (χ1n) is 10.4. The maximum absolute atomic E-state index is 13.0. The van der Waals surface area contributed by atoms with E-state index in [1.54, 1.807) is 26.2 Å². The summed E-state index contributed by atoms with van der Waals surface area (Å²) in [7, 11) is 1.72. The van der Waals surface area contributed by atoms with E-state index in [1.165, 1.54) is 4.57 Å². The molecule has 0 unspecified atom stereocenters. The predicted octanol–water partition coefficient (Wildman–Crippen LogP) is 3.51. The number of aromatic nitrogens is 1. The SMILES string of the molecule is CCOC(=O)Cn1c(=O)c(CC)cc2cc(C(=O)C3CCC(OC)CC3)ccc21. The van der Waals surface area contributed by atoms with E-state index in [2.05, 4.69) is 0 Å². The second-order valence-corrected chi connectivity index (χ2v) is 7.57. The topological polar surface area (TPSA) is 74.6 Å². The van der Waals surface area contributed by atoms with Crippen molar-refractivity contribution in [2.24, 2.45) is 5.92 Å². The van der Waals surface area contributed by atoms with Gasteiger partial charge in [-0.3, -0.25) is 19.0 Å². The van der Waals surface area contributed by atoms with E-state index in [-0.39, 0.29) is 36.5 Å². The van der Waals surface area contributed by atoms with Crippen LogP contribution in [-0.2, 0) is 27.2 Å². The Kier molecular flexibility index (Phi) is 6.85. The molecule has 3 rings (SSSR count). The number of pyridine rings is 1. The standard InChI is InChI=1S/C23H29NO5/c1-4-15-12-18-13-17(22(26)16-6-9-19(28-3)10-7-16)8-11-20(18)24(23(15)27)14-21(25)29-5-2/h8,11-13,16,19H,4-7,9-10,14H2,1-3H3. The van der Waals surface area contributed by atoms with Crippen molar-refractivity contribution in [2.75, 3.05) is 13.7 Å². The van der Waals surface area contributed by atoms with Gasteiger partial charge in [-0.25, -0.2) is 0 Å². The molecule has 1 heterocycles. The summed E-state index contributed by atoms with van der Waals surface area (Å²) in [4.78, 5) is 37.8. The largest absolute Gasteiger partial charge is 0.465 e. The molecule has 0 radical (unpaired) electrons. The molecule has 0 bridgehead atoms. The van der Waals surface area contributed by atoms with E-state index >= 15 is 0 Å². The molecule has 6 nitrogen and oxygen atoms in total. The monoisotopic (exact) mass is 399 g/mol. The number of hydrogen-bond donors (Lipinski definition) is 0. The summed E-state index contributed by atoms with van der Waals surface area (Å²) in [6.45, 7) is 3.77. The Hall–Kier alpha value is -2.47. The summed E-state index contributed by atoms with van der Waals surface area (Å²) in [5.41, 5.74) is 1.72. The molecular formula is C23H29NO5. The zero-order chi connectivity index (χ0) is 21.0. The Morgan fingerprint density at radius 1 is 1.10 bits per heavy atom. The highest BCUT2D eigenvalue weighted by atomic mass is 16.5. The van der Waals surface area contributed by atoms with Crippen LogP contribution in [0.5, 0.6) is 0 Å². The highest BCUT2D eigenvalue weighted by Gasteiger charge is 2.27. The van der Waals surface area contributed by atoms with Crippen molar-refractivity contribution in [3.05, 3.63) is 45.7 Å². The van der Waals surface area contributed by atoms with Crippen molar-refractivity contribution >= 4 is 22.7 Å². The summed E-state index contributed by atoms with van der Waals surface area (Å²) >= 11 is 0. The van der Waals surface area contributed by atoms with Gasteiger partial charge in [-0.15, -0.1) is 0 Å². The lowest BCUT2D eigenvalue weighted by atomic mass is 9.82. The second-order valence-electron chi connectivity index (χ2n) is 7.57. The van der Waals surface area contributed by atoms with Crippen LogP contribution in [0.2, 0.25) is 0 Å². The number of nitrogens with zero attached hydrogens (tertiary/aromatic N) is 1. The zero-order valence-electron chi connectivity index (χ0n) is 17.4. The van der Waals surface area contributed by atoms with Crippen LogP contribution in [0.15, 0.2) is 29.1 Å². The summed E-state index contributed by atoms with van der Waals surface area (Å²) in [6.07, 6.45) is 4.27. The molecule has 1 aromatic carbocycles. The fourth-order valence-electron chi connectivity index (χ4n) is 4.14. The molecule has 0 aliphatic heterocycles. The maximum atomic E-state index is 13.0. The number of carbonyl (C=O) groups is 2. The molecule has 156 valence electrons. The fourth-order valence-corrected chi connectivity index (χ4v) is 4.14. The summed E-state index contributed by atoms with van der Waals surface area (Å²) < 4.78 is 11.9. The van der Waals surface area contributed by atoms with Gasteiger partial charge in [0.2, 0.25) is 0 Å². The van der Waals surface area contributed by atoms with E-state index in [1.807, 2.05) is 19.1 Å². The number of ketones is 1. The number of aryl methyl sites for hydroxylation is 1. The molecule has 2 aromatic rings. The average Bonchev–Trinajstić information content (AvgIpc) is 2.74. The molecule has 6 heteroatoms. The molecule has 1 aromatic heterocycles. The van der Waals surface area contributed by atoms with Crippen molar-refractivity contribution in [1.82, 2.24) is 4.57 Å². The molecule has 1 aliphatic carbocycles. The van der Waals surface area contributed by atoms with Crippen LogP contribution in [0.4, 0.5) is 0 Å². The summed E-state index contributed by atoms with van der Waals surface area (Å²) in [5, 5.41) is 0.794. The van der Waals surface area contributed by atoms with E-state index in [0.717, 1.165) is 31.1 Å². The van der Waals surface area contributed by atoms with Gasteiger partial charge in [0.05, 0.1) is 18.2 Å². The number of Topliss-reactive ketones (excluding diaryl/α,β-unsaturated/α-hetero) is 1. The highest BCUT2D eigenvalue weighted by Crippen LogP contribution is 2.29. The van der Waals surface area contributed by atoms with Gasteiger partial charge in [0.1, 0.15) is 6.54 Å². The Labute approximate surface area is 170 Å². The smallest absolute Gasteiger partial charge is 0.326 e. The molecule has 29 heavy (non-hydrogen) atoms. The molecule has 1 aliphatic rings. The molecular weight excluding hydrogens is 370 g/mol. The lowest BCUT2D eigenvalue weighted by Crippen LogP contribution is -2.28. The molecule has 1 fully saturated rings. The number of benzene rings is 1. The third-order valence-electron chi connectivity index (χ3n) is 5.80. The van der Waals surface area contributed by atoms with Crippen LogP contribution in [0.25, 0.3) is 10.9 Å². The third kappa shape index (κ3) is 4.58. The van der Waals surface area contributed by atoms with Gasteiger partial charge in [-0.05, 0) is 68.7 Å². The Morgan fingerprint density at radius 3 is 2.45 bits per heavy atom. The molecule has 0 atom stereocenters. The van der Waals surface area contributed by atoms with E-state index in [0.29, 0.717) is 23.1 Å². The average molecular weight is 399 g/mol. The summed E-state index contributed by atoms with van der Waals surface area (Å²) in [6, 6.07) is 7.21. The van der Waals surface area contributed by atoms with Gasteiger partial charge in [0.15, 0.2) is 5.78 Å². The van der Waals surface area contributed by atoms with Crippen molar-refractivity contribution in [2.45, 2.75) is 58.6 Å². The van der Waals surface area contributed by atoms with Crippen molar-refractivity contribution in [3.8, 4) is 0 Å². The number of rotatable bonds is 7. The van der Waals surface area contributed by atoms with Crippen LogP contribution in [0, 0.1) is 5.92 Å². The number of carbonyl (C=O) groups excluding carboxylic acids is 2. The minimum atomic E-state index is -0.445. The van der Waals surface area contributed by atoms with Crippen LogP contribution < -0.4 is 5.56 Å². The Bertz CT molecular complexity index is 954. The Morgan fingerprint density at radius 2 is 1.83 bits per heavy atom. The van der Waals surface area contributed by atoms with Gasteiger partial charge in [-0.2, -0.15) is 0 Å². The van der Waals surface area contributed by atoms with Gasteiger partial charge in [-0.1, -0.05) is 6.92 Å². The first kappa shape index (κ1) is 21.2. The van der Waals surface area contributed by atoms with Gasteiger partial charge in [0, 0.05) is 24.2 Å². The van der Waals surface area contributed by atoms with Crippen LogP contribution in [0.3, 0.4) is 0 Å². The van der Waals surface area contributed by atoms with Crippen molar-refractivity contribution in [3.63, 3.8) is 0 Å². The van der Waals surface area contributed by atoms with Crippen molar-refractivity contribution < 1.29 is 19.1 Å². The van der Waals surface area contributed by atoms with Gasteiger partial charge in [0.25, 0.3) is 5.56 Å². The predicted molar refractivity (Wildman–Crippen MR) is 111 cm³/mol. The molecule has 0 amide bonds. The summed E-state index contributed by atoms with van der Waals surface area (Å²) in [5.74, 6) is -0.295. The molecule has 0 saturated heterocycles. The number of hydrogen-bond acceptors (Lipinski definition) is 5. The third-order valence-corrected chi connectivity index (χ3v) is 5.80. The van der Waals surface area contributed by atoms with Crippen LogP contribution in [-0.4, -0.2) is 36.1 Å². The van der Waals surface area contributed by atoms with Gasteiger partial charge >= 0.3 is 5.97 Å². The second kappa shape index (κ2) is 9.35. The molecule has 0 spiro atoms. The first-order chi connectivity index (χ1) is 14.0. The highest BCUT2D eigenvalue weighted by molar-refractivity contribution is 6.01. The Balaban J connectivity index is 1.95. The maximum Gasteiger partial charge on any atom is 0.326 e. The van der Waals surface area contributed by atoms with Crippen LogP contribution in [0.1, 0.15) is 55.5 Å². The first-order valence-corrected chi connectivity index (χ1v) is 10.4. The normalized spacial score (nSPS) is 19.3. The minimum Gasteiger partial charge on any atom is -0.465 e. The number of ether oxygens (including phenoxy) is 2. The molecule has 1 saturated carbocycles. The van der Waals surface area contributed by atoms with Gasteiger partial charge < -0.3 is 9.47 Å². The zero-order valence-corrected chi connectivity index (χ0v) is 17.4. The van der Waals surface area contributed by atoms with E-state index in [9.17, 15) is 14.4 Å². The minimum absolute atomic E-state index is 0.00920. The number of fused-ring (bicyclic) bond motifs is 1. The van der Waals surface area contributed by atoms with Crippen molar-refractivity contribution in [1.29, 1.82) is 0 Å². The van der Waals surface area contributed by atoms with E-state index in [4.69, 9.17) is 9.47 Å². The van der Waals surface area contributed by atoms with E-state index < -0.39 is 5.97 Å². The quantitative estimate of drug-likeness (QED) is 0.526. The fraction of sp³-hybridized carbons (Fsp3) is 0.522. The number of esters is 1. The lowest BCUT2D eigenvalue weighted by Gasteiger charge is -2.26. The number of methoxy groups -OCH3 is 1. The lowest BCUT2D eigenvalue weighted by molar-refractivity contribution is -0.143. The molecule has 0 N–H and O–H groups in total. The van der Waals surface area contributed by atoms with Crippen LogP contribution >= 0.6 is 0 Å².